The third kappa shape index (κ3) is 4.19. The average Bonchev–Trinajstić information content (AvgIpc) is 3.19. The number of benzene rings is 1. The van der Waals surface area contributed by atoms with Crippen molar-refractivity contribution in [1.29, 1.82) is 0 Å². The number of nitrogens with one attached hydrogen (secondary N) is 2. The molecule has 0 radical (unpaired) electrons. The second-order valence-corrected chi connectivity index (χ2v) is 9.33. The monoisotopic (exact) mass is 424 g/mol. The molecular formula is C23H32N6O2. The second-order valence-electron chi connectivity index (χ2n) is 9.33. The van der Waals surface area contributed by atoms with E-state index in [1.807, 2.05) is 18.3 Å². The fraction of sp³-hybridized carbons (Fsp3) is 0.609. The maximum atomic E-state index is 12.3. The Hall–Kier alpha value is -2.45. The fourth-order valence-electron chi connectivity index (χ4n) is 5.49. The van der Waals surface area contributed by atoms with E-state index >= 15 is 0 Å². The Morgan fingerprint density at radius 3 is 2.74 bits per heavy atom. The number of likely N-dealkylation sites (tertiary alicyclic amines) is 1. The van der Waals surface area contributed by atoms with Crippen molar-refractivity contribution in [2.75, 3.05) is 37.6 Å². The molecule has 2 unspecified atom stereocenters. The molecule has 5 rings (SSSR count). The summed E-state index contributed by atoms with van der Waals surface area (Å²) in [5, 5.41) is 11.7. The van der Waals surface area contributed by atoms with Crippen LogP contribution in [0, 0.1) is 5.92 Å². The van der Waals surface area contributed by atoms with Crippen molar-refractivity contribution in [3.05, 3.63) is 24.4 Å². The van der Waals surface area contributed by atoms with Gasteiger partial charge in [0.2, 0.25) is 5.91 Å². The number of imide groups is 1. The van der Waals surface area contributed by atoms with Gasteiger partial charge in [-0.05, 0) is 57.2 Å². The van der Waals surface area contributed by atoms with Crippen LogP contribution in [0.2, 0.25) is 0 Å². The van der Waals surface area contributed by atoms with Crippen LogP contribution >= 0.6 is 0 Å². The molecule has 2 aromatic rings. The predicted octanol–water partition coefficient (Wildman–Crippen LogP) is 2.51. The minimum absolute atomic E-state index is 0.213. The van der Waals surface area contributed by atoms with Crippen LogP contribution in [0.4, 0.5) is 10.5 Å². The molecule has 0 bridgehead atoms. The number of hydrogen-bond donors (Lipinski definition) is 2. The summed E-state index contributed by atoms with van der Waals surface area (Å²) in [7, 11) is 0. The van der Waals surface area contributed by atoms with Crippen molar-refractivity contribution in [1.82, 2.24) is 25.3 Å². The van der Waals surface area contributed by atoms with Crippen molar-refractivity contribution in [2.24, 2.45) is 5.92 Å². The second kappa shape index (κ2) is 8.59. The van der Waals surface area contributed by atoms with Crippen LogP contribution in [0.5, 0.6) is 0 Å². The number of urea groups is 1. The maximum absolute atomic E-state index is 12.3. The van der Waals surface area contributed by atoms with Crippen LogP contribution in [0.15, 0.2) is 24.4 Å². The Labute approximate surface area is 182 Å². The molecule has 3 aliphatic heterocycles. The molecule has 1 aromatic carbocycles. The van der Waals surface area contributed by atoms with Crippen LogP contribution in [0.1, 0.15) is 45.1 Å². The largest absolute Gasteiger partial charge is 0.328 e. The molecule has 0 aliphatic carbocycles. The van der Waals surface area contributed by atoms with Gasteiger partial charge in [0.25, 0.3) is 0 Å². The van der Waals surface area contributed by atoms with Crippen molar-refractivity contribution in [3.8, 4) is 0 Å². The summed E-state index contributed by atoms with van der Waals surface area (Å²) in [4.78, 5) is 28.1. The molecule has 1 aromatic heterocycles. The number of carbonyl (C=O) groups is 2. The number of anilines is 1. The van der Waals surface area contributed by atoms with Gasteiger partial charge >= 0.3 is 6.03 Å². The SMILES string of the molecule is CC1CC(CN2CCC(n3ncc4c(N5CCC(=O)NC5=O)cccc43)CC2)CCN1. The van der Waals surface area contributed by atoms with Gasteiger partial charge in [-0.1, -0.05) is 6.07 Å². The van der Waals surface area contributed by atoms with Crippen LogP contribution in [0.25, 0.3) is 10.9 Å². The summed E-state index contributed by atoms with van der Waals surface area (Å²) in [5.41, 5.74) is 1.89. The van der Waals surface area contributed by atoms with E-state index in [2.05, 4.69) is 33.2 Å². The molecule has 4 heterocycles. The van der Waals surface area contributed by atoms with E-state index in [9.17, 15) is 9.59 Å². The van der Waals surface area contributed by atoms with Crippen molar-refractivity contribution < 1.29 is 9.59 Å². The molecule has 0 spiro atoms. The maximum Gasteiger partial charge on any atom is 0.328 e. The topological polar surface area (TPSA) is 82.5 Å². The normalized spacial score (nSPS) is 26.4. The van der Waals surface area contributed by atoms with Crippen LogP contribution in [-0.2, 0) is 4.79 Å². The Balaban J connectivity index is 1.27. The zero-order valence-corrected chi connectivity index (χ0v) is 18.2. The van der Waals surface area contributed by atoms with Gasteiger partial charge in [0, 0.05) is 44.0 Å². The number of fused-ring (bicyclic) bond motifs is 1. The van der Waals surface area contributed by atoms with Gasteiger partial charge in [-0.3, -0.25) is 19.7 Å². The number of aromatic nitrogens is 2. The Morgan fingerprint density at radius 2 is 1.97 bits per heavy atom. The van der Waals surface area contributed by atoms with Crippen LogP contribution in [-0.4, -0.2) is 65.4 Å². The average molecular weight is 425 g/mol. The first-order valence-corrected chi connectivity index (χ1v) is 11.6. The lowest BCUT2D eigenvalue weighted by molar-refractivity contribution is -0.120. The summed E-state index contributed by atoms with van der Waals surface area (Å²) in [6.07, 6.45) is 6.96. The molecular weight excluding hydrogens is 392 g/mol. The Kier molecular flexibility index (Phi) is 5.67. The van der Waals surface area contributed by atoms with Gasteiger partial charge in [-0.15, -0.1) is 0 Å². The number of nitrogens with zero attached hydrogens (tertiary/aromatic N) is 4. The Morgan fingerprint density at radius 1 is 1.13 bits per heavy atom. The molecule has 3 aliphatic rings. The third-order valence-electron chi connectivity index (χ3n) is 7.11. The molecule has 8 nitrogen and oxygen atoms in total. The van der Waals surface area contributed by atoms with E-state index in [1.54, 1.807) is 4.90 Å². The number of piperidine rings is 2. The summed E-state index contributed by atoms with van der Waals surface area (Å²) in [6.45, 7) is 7.28. The molecule has 8 heteroatoms. The van der Waals surface area contributed by atoms with Gasteiger partial charge < -0.3 is 10.2 Å². The standard InChI is InChI=1S/C23H32N6O2/c1-16-13-17(5-9-24-16)15-27-10-6-18(7-11-27)29-21-4-2-3-20(19(21)14-25-29)28-12-8-22(30)26-23(28)31/h2-4,14,16-18,24H,5-13,15H2,1H3,(H,26,30,31). The minimum Gasteiger partial charge on any atom is -0.314 e. The predicted molar refractivity (Wildman–Crippen MR) is 120 cm³/mol. The summed E-state index contributed by atoms with van der Waals surface area (Å²) in [6, 6.07) is 6.67. The molecule has 3 amide bonds. The lowest BCUT2D eigenvalue weighted by atomic mass is 9.92. The Bertz CT molecular complexity index is 964. The van der Waals surface area contributed by atoms with Crippen LogP contribution < -0.4 is 15.5 Å². The van der Waals surface area contributed by atoms with E-state index in [1.165, 1.54) is 19.4 Å². The summed E-state index contributed by atoms with van der Waals surface area (Å²) < 4.78 is 2.15. The summed E-state index contributed by atoms with van der Waals surface area (Å²) >= 11 is 0. The van der Waals surface area contributed by atoms with Crippen LogP contribution in [0.3, 0.4) is 0 Å². The smallest absolute Gasteiger partial charge is 0.314 e. The zero-order chi connectivity index (χ0) is 21.4. The number of rotatable bonds is 4. The van der Waals surface area contributed by atoms with E-state index < -0.39 is 0 Å². The number of carbonyl (C=O) groups excluding carboxylic acids is 2. The number of hydrogen-bond acceptors (Lipinski definition) is 5. The molecule has 2 N–H and O–H groups in total. The van der Waals surface area contributed by atoms with E-state index in [0.29, 0.717) is 25.0 Å². The lowest BCUT2D eigenvalue weighted by Gasteiger charge is -2.37. The van der Waals surface area contributed by atoms with E-state index in [4.69, 9.17) is 5.10 Å². The fourth-order valence-corrected chi connectivity index (χ4v) is 5.49. The number of amides is 3. The molecule has 0 saturated carbocycles. The van der Waals surface area contributed by atoms with Crippen molar-refractivity contribution >= 4 is 28.5 Å². The lowest BCUT2D eigenvalue weighted by Crippen LogP contribution is -2.49. The minimum atomic E-state index is -0.350. The van der Waals surface area contributed by atoms with Crippen molar-refractivity contribution in [2.45, 2.75) is 51.1 Å². The van der Waals surface area contributed by atoms with Crippen molar-refractivity contribution in [3.63, 3.8) is 0 Å². The molecule has 3 fully saturated rings. The molecule has 3 saturated heterocycles. The van der Waals surface area contributed by atoms with Gasteiger partial charge in [-0.25, -0.2) is 4.79 Å². The van der Waals surface area contributed by atoms with Gasteiger partial charge in [0.05, 0.1) is 23.4 Å². The molecule has 31 heavy (non-hydrogen) atoms. The zero-order valence-electron chi connectivity index (χ0n) is 18.2. The highest BCUT2D eigenvalue weighted by molar-refractivity contribution is 6.09. The highest BCUT2D eigenvalue weighted by Crippen LogP contribution is 2.32. The van der Waals surface area contributed by atoms with Gasteiger partial charge in [0.1, 0.15) is 0 Å². The summed E-state index contributed by atoms with van der Waals surface area (Å²) in [5.74, 6) is 0.596. The molecule has 2 atom stereocenters. The first-order valence-electron chi connectivity index (χ1n) is 11.6. The first-order chi connectivity index (χ1) is 15.1. The quantitative estimate of drug-likeness (QED) is 0.788. The highest BCUT2D eigenvalue weighted by Gasteiger charge is 2.28. The first kappa shape index (κ1) is 20.5. The van der Waals surface area contributed by atoms with Gasteiger partial charge in [0.15, 0.2) is 0 Å². The molecule has 166 valence electrons. The van der Waals surface area contributed by atoms with E-state index in [0.717, 1.165) is 55.0 Å². The third-order valence-corrected chi connectivity index (χ3v) is 7.11. The van der Waals surface area contributed by atoms with Gasteiger partial charge in [-0.2, -0.15) is 5.10 Å². The highest BCUT2D eigenvalue weighted by atomic mass is 16.2. The van der Waals surface area contributed by atoms with E-state index in [-0.39, 0.29) is 11.9 Å².